The molecule has 23 heavy (non-hydrogen) atoms. The molecule has 6 nitrogen and oxygen atoms in total. The van der Waals surface area contributed by atoms with Crippen molar-refractivity contribution in [2.24, 2.45) is 11.8 Å². The van der Waals surface area contributed by atoms with E-state index in [9.17, 15) is 14.8 Å². The topological polar surface area (TPSA) is 82.1 Å². The number of carbonyl (C=O) groups excluding carboxylic acids is 2. The molecule has 0 unspecified atom stereocenters. The minimum Gasteiger partial charge on any atom is -0.457 e. The number of ether oxygens (including phenoxy) is 2. The van der Waals surface area contributed by atoms with Crippen LogP contribution in [0.4, 0.5) is 0 Å². The molecule has 0 spiro atoms. The van der Waals surface area contributed by atoms with Gasteiger partial charge in [0.25, 0.3) is 0 Å². The SMILES string of the molecule is C=C1C(=O)O[C@H]2[C@H]1[C@@H](OC(C)=O)C=C(C)[C@]1(OO)CC=C(C)[C@H]21. The third-order valence-corrected chi connectivity index (χ3v) is 5.21. The highest BCUT2D eigenvalue weighted by Gasteiger charge is 2.60. The fourth-order valence-corrected chi connectivity index (χ4v) is 4.09. The molecule has 124 valence electrons. The maximum atomic E-state index is 12.0. The fraction of sp³-hybridized carbons (Fsp3) is 0.529. The summed E-state index contributed by atoms with van der Waals surface area (Å²) in [5.74, 6) is -1.80. The Labute approximate surface area is 134 Å². The van der Waals surface area contributed by atoms with Gasteiger partial charge < -0.3 is 9.47 Å². The van der Waals surface area contributed by atoms with Gasteiger partial charge in [-0.1, -0.05) is 18.2 Å². The normalized spacial score (nSPS) is 39.0. The van der Waals surface area contributed by atoms with Crippen molar-refractivity contribution in [1.82, 2.24) is 0 Å². The minimum absolute atomic E-state index is 0.277. The molecular formula is C17H20O6. The van der Waals surface area contributed by atoms with Crippen LogP contribution >= 0.6 is 0 Å². The summed E-state index contributed by atoms with van der Waals surface area (Å²) >= 11 is 0. The molecule has 0 aromatic rings. The first-order valence-electron chi connectivity index (χ1n) is 7.57. The molecule has 0 amide bonds. The molecule has 0 aromatic heterocycles. The molecule has 0 saturated carbocycles. The smallest absolute Gasteiger partial charge is 0.334 e. The standard InChI is InChI=1S/C17H20O6/c1-8-5-6-17(23-20)9(2)7-12(21-11(4)18)13-10(3)16(19)22-15(13)14(8)17/h5,7,12-15,20H,3,6H2,1-2,4H3/t12-,13+,14+,15-,17+/m0/s1. The number of rotatable bonds is 2. The van der Waals surface area contributed by atoms with E-state index in [2.05, 4.69) is 6.58 Å². The average Bonchev–Trinajstić information content (AvgIpc) is 2.93. The molecule has 1 saturated heterocycles. The number of fused-ring (bicyclic) bond motifs is 3. The molecule has 0 bridgehead atoms. The van der Waals surface area contributed by atoms with Gasteiger partial charge in [0.15, 0.2) is 0 Å². The van der Waals surface area contributed by atoms with Crippen LogP contribution in [0.15, 0.2) is 35.5 Å². The molecule has 3 rings (SSSR count). The second kappa shape index (κ2) is 5.32. The van der Waals surface area contributed by atoms with Gasteiger partial charge in [0.05, 0.1) is 11.8 Å². The van der Waals surface area contributed by atoms with Gasteiger partial charge in [0, 0.05) is 18.9 Å². The van der Waals surface area contributed by atoms with Crippen LogP contribution < -0.4 is 0 Å². The van der Waals surface area contributed by atoms with E-state index in [1.54, 1.807) is 6.08 Å². The minimum atomic E-state index is -1.01. The molecule has 0 radical (unpaired) electrons. The predicted octanol–water partition coefficient (Wildman–Crippen LogP) is 2.17. The quantitative estimate of drug-likeness (QED) is 0.276. The fourth-order valence-electron chi connectivity index (χ4n) is 4.09. The molecule has 5 atom stereocenters. The van der Waals surface area contributed by atoms with Crippen molar-refractivity contribution >= 4 is 11.9 Å². The van der Waals surface area contributed by atoms with Crippen molar-refractivity contribution in [2.75, 3.05) is 0 Å². The first kappa shape index (κ1) is 16.0. The Bertz CT molecular complexity index is 645. The van der Waals surface area contributed by atoms with Crippen molar-refractivity contribution < 1.29 is 29.2 Å². The maximum absolute atomic E-state index is 12.0. The highest BCUT2D eigenvalue weighted by atomic mass is 17.1. The summed E-state index contributed by atoms with van der Waals surface area (Å²) in [7, 11) is 0. The molecule has 1 N–H and O–H groups in total. The van der Waals surface area contributed by atoms with Gasteiger partial charge in [-0.15, -0.1) is 0 Å². The third kappa shape index (κ3) is 2.16. The van der Waals surface area contributed by atoms with Crippen LogP contribution in [0.2, 0.25) is 0 Å². The largest absolute Gasteiger partial charge is 0.457 e. The predicted molar refractivity (Wildman–Crippen MR) is 80.1 cm³/mol. The Hall–Kier alpha value is -1.92. The molecule has 1 heterocycles. The average molecular weight is 320 g/mol. The van der Waals surface area contributed by atoms with Crippen molar-refractivity contribution in [3.63, 3.8) is 0 Å². The van der Waals surface area contributed by atoms with E-state index >= 15 is 0 Å². The zero-order valence-corrected chi connectivity index (χ0v) is 13.4. The zero-order valence-electron chi connectivity index (χ0n) is 13.4. The second-order valence-electron chi connectivity index (χ2n) is 6.46. The monoisotopic (exact) mass is 320 g/mol. The van der Waals surface area contributed by atoms with Gasteiger partial charge in [-0.3, -0.25) is 10.1 Å². The lowest BCUT2D eigenvalue weighted by atomic mass is 9.76. The summed E-state index contributed by atoms with van der Waals surface area (Å²) in [4.78, 5) is 28.4. The molecular weight excluding hydrogens is 300 g/mol. The maximum Gasteiger partial charge on any atom is 0.334 e. The number of hydrogen-bond acceptors (Lipinski definition) is 6. The van der Waals surface area contributed by atoms with Crippen LogP contribution in [0.5, 0.6) is 0 Å². The lowest BCUT2D eigenvalue weighted by Crippen LogP contribution is -2.46. The van der Waals surface area contributed by atoms with E-state index < -0.39 is 35.7 Å². The van der Waals surface area contributed by atoms with Gasteiger partial charge in [-0.05, 0) is 25.5 Å². The molecule has 1 aliphatic heterocycles. The van der Waals surface area contributed by atoms with Crippen molar-refractivity contribution in [1.29, 1.82) is 0 Å². The Balaban J connectivity index is 2.14. The van der Waals surface area contributed by atoms with Crippen LogP contribution in [0.3, 0.4) is 0 Å². The summed E-state index contributed by atoms with van der Waals surface area (Å²) < 4.78 is 10.9. The van der Waals surface area contributed by atoms with Crippen molar-refractivity contribution in [2.45, 2.75) is 45.0 Å². The summed E-state index contributed by atoms with van der Waals surface area (Å²) in [6.45, 7) is 8.86. The summed E-state index contributed by atoms with van der Waals surface area (Å²) in [5.41, 5.74) is 0.974. The second-order valence-corrected chi connectivity index (χ2v) is 6.46. The van der Waals surface area contributed by atoms with Crippen LogP contribution in [0, 0.1) is 11.8 Å². The summed E-state index contributed by atoms with van der Waals surface area (Å²) in [6, 6.07) is 0. The van der Waals surface area contributed by atoms with Crippen LogP contribution in [0.1, 0.15) is 27.2 Å². The van der Waals surface area contributed by atoms with E-state index in [-0.39, 0.29) is 11.5 Å². The first-order valence-corrected chi connectivity index (χ1v) is 7.57. The van der Waals surface area contributed by atoms with Crippen molar-refractivity contribution in [3.05, 3.63) is 35.5 Å². The highest BCUT2D eigenvalue weighted by Crippen LogP contribution is 2.53. The van der Waals surface area contributed by atoms with Crippen LogP contribution in [0.25, 0.3) is 0 Å². The molecule has 1 fully saturated rings. The van der Waals surface area contributed by atoms with Gasteiger partial charge in [0.2, 0.25) is 0 Å². The van der Waals surface area contributed by atoms with E-state index in [0.717, 1.165) is 11.1 Å². The van der Waals surface area contributed by atoms with E-state index in [1.807, 2.05) is 19.9 Å². The van der Waals surface area contributed by atoms with Crippen LogP contribution in [-0.2, 0) is 24.0 Å². The van der Waals surface area contributed by atoms with Crippen LogP contribution in [-0.4, -0.2) is 35.0 Å². The summed E-state index contributed by atoms with van der Waals surface area (Å²) in [6.07, 6.45) is 2.88. The molecule has 0 aromatic carbocycles. The molecule has 2 aliphatic carbocycles. The van der Waals surface area contributed by atoms with E-state index in [0.29, 0.717) is 6.42 Å². The van der Waals surface area contributed by atoms with Gasteiger partial charge in [-0.25, -0.2) is 9.68 Å². The van der Waals surface area contributed by atoms with Crippen molar-refractivity contribution in [3.8, 4) is 0 Å². The van der Waals surface area contributed by atoms with Gasteiger partial charge >= 0.3 is 11.9 Å². The Morgan fingerprint density at radius 1 is 1.48 bits per heavy atom. The number of esters is 2. The lowest BCUT2D eigenvalue weighted by Gasteiger charge is -2.36. The number of hydrogen-bond donors (Lipinski definition) is 1. The third-order valence-electron chi connectivity index (χ3n) is 5.21. The molecule has 3 aliphatic rings. The highest BCUT2D eigenvalue weighted by molar-refractivity contribution is 5.91. The van der Waals surface area contributed by atoms with E-state index in [4.69, 9.17) is 14.4 Å². The Kier molecular flexibility index (Phi) is 3.69. The van der Waals surface area contributed by atoms with Gasteiger partial charge in [-0.2, -0.15) is 0 Å². The zero-order chi connectivity index (χ0) is 16.9. The van der Waals surface area contributed by atoms with E-state index in [1.165, 1.54) is 6.92 Å². The Morgan fingerprint density at radius 3 is 2.78 bits per heavy atom. The van der Waals surface area contributed by atoms with Gasteiger partial charge in [0.1, 0.15) is 17.8 Å². The molecule has 6 heteroatoms. The number of carbonyl (C=O) groups is 2. The first-order chi connectivity index (χ1) is 10.8. The summed E-state index contributed by atoms with van der Waals surface area (Å²) in [5, 5.41) is 9.64. The lowest BCUT2D eigenvalue weighted by molar-refractivity contribution is -0.323. The Morgan fingerprint density at radius 2 is 2.17 bits per heavy atom.